The summed E-state index contributed by atoms with van der Waals surface area (Å²) in [5.41, 5.74) is 1.78. The molecule has 0 spiro atoms. The van der Waals surface area contributed by atoms with Gasteiger partial charge in [0.1, 0.15) is 0 Å². The van der Waals surface area contributed by atoms with E-state index in [0.717, 1.165) is 11.7 Å². The lowest BCUT2D eigenvalue weighted by Crippen LogP contribution is -2.21. The fraction of sp³-hybridized carbons (Fsp3) is 0.200. The van der Waals surface area contributed by atoms with E-state index in [4.69, 9.17) is 0 Å². The molecule has 2 heterocycles. The number of fused-ring (bicyclic) bond motifs is 1. The first-order valence-corrected chi connectivity index (χ1v) is 3.46. The third-order valence-electron chi connectivity index (χ3n) is 1.08. The second kappa shape index (κ2) is 1.88. The summed E-state index contributed by atoms with van der Waals surface area (Å²) in [5.74, 6) is 0. The molecule has 0 fully saturated rings. The predicted molar refractivity (Wildman–Crippen MR) is 38.0 cm³/mol. The van der Waals surface area contributed by atoms with Crippen LogP contribution in [0.5, 0.6) is 0 Å². The highest BCUT2D eigenvalue weighted by Crippen LogP contribution is 2.16. The maximum atomic E-state index is 4.03. The molecule has 9 heavy (non-hydrogen) atoms. The van der Waals surface area contributed by atoms with Crippen LogP contribution < -0.4 is 0 Å². The first-order chi connectivity index (χ1) is 4.47. The van der Waals surface area contributed by atoms with Crippen molar-refractivity contribution in [3.8, 4) is 0 Å². The van der Waals surface area contributed by atoms with E-state index < -0.39 is 0 Å². The van der Waals surface area contributed by atoms with Crippen LogP contribution in [-0.2, 0) is 0 Å². The fourth-order valence-corrected chi connectivity index (χ4v) is 1.28. The van der Waals surface area contributed by atoms with E-state index in [9.17, 15) is 0 Å². The second-order valence-electron chi connectivity index (χ2n) is 1.65. The summed E-state index contributed by atoms with van der Waals surface area (Å²) in [6.07, 6.45) is 4.63. The lowest BCUT2D eigenvalue weighted by atomic mass is 10.5. The van der Waals surface area contributed by atoms with Crippen molar-refractivity contribution >= 4 is 22.5 Å². The van der Waals surface area contributed by atoms with Gasteiger partial charge in [0, 0.05) is 0 Å². The number of aliphatic imine (C=N–C) groups is 1. The van der Waals surface area contributed by atoms with Crippen LogP contribution in [0.4, 0.5) is 0 Å². The first-order valence-electron chi connectivity index (χ1n) is 2.58. The number of hydrazone groups is 1. The summed E-state index contributed by atoms with van der Waals surface area (Å²) in [5, 5.41) is 6.79. The van der Waals surface area contributed by atoms with Crippen molar-refractivity contribution in [3.05, 3.63) is 12.3 Å². The van der Waals surface area contributed by atoms with E-state index in [1.165, 1.54) is 11.8 Å². The van der Waals surface area contributed by atoms with Crippen molar-refractivity contribution in [1.82, 2.24) is 5.01 Å². The highest BCUT2D eigenvalue weighted by Gasteiger charge is 2.15. The highest BCUT2D eigenvalue weighted by atomic mass is 32.2. The van der Waals surface area contributed by atoms with Gasteiger partial charge in [0.15, 0.2) is 5.17 Å². The summed E-state index contributed by atoms with van der Waals surface area (Å²) < 4.78 is 0. The van der Waals surface area contributed by atoms with E-state index in [-0.39, 0.29) is 0 Å². The summed E-state index contributed by atoms with van der Waals surface area (Å²) >= 11 is 1.53. The smallest absolute Gasteiger partial charge is 0.191 e. The number of thioether (sulfide) groups is 1. The molecule has 0 unspecified atom stereocenters. The predicted octanol–water partition coefficient (Wildman–Crippen LogP) is 0.665. The van der Waals surface area contributed by atoms with E-state index in [1.54, 1.807) is 5.55 Å². The molecule has 0 aromatic carbocycles. The Hall–Kier alpha value is -0.770. The van der Waals surface area contributed by atoms with Gasteiger partial charge in [-0.1, -0.05) is 0 Å². The summed E-state index contributed by atoms with van der Waals surface area (Å²) in [6, 6.07) is 0. The van der Waals surface area contributed by atoms with Crippen LogP contribution in [0, 0.1) is 6.20 Å². The molecule has 2 aliphatic heterocycles. The molecule has 0 aliphatic carbocycles. The number of nitrogens with zero attached hydrogens (tertiary/aromatic N) is 3. The fourth-order valence-electron chi connectivity index (χ4n) is 0.675. The molecule has 2 rings (SSSR count). The third-order valence-corrected chi connectivity index (χ3v) is 1.79. The number of hydrogen-bond acceptors (Lipinski definition) is 4. The van der Waals surface area contributed by atoms with Crippen LogP contribution >= 0.6 is 11.8 Å². The van der Waals surface area contributed by atoms with Gasteiger partial charge >= 0.3 is 0 Å². The van der Waals surface area contributed by atoms with Gasteiger partial charge in [-0.3, -0.25) is 0 Å². The van der Waals surface area contributed by atoms with Gasteiger partial charge in [0.25, 0.3) is 0 Å². The molecular weight excluding hydrogens is 134 g/mol. The number of hydrogen-bond donors (Lipinski definition) is 0. The molecule has 0 saturated heterocycles. The van der Waals surface area contributed by atoms with Crippen LogP contribution in [0.25, 0.3) is 0 Å². The molecule has 0 N–H and O–H groups in total. The molecule has 2 aliphatic rings. The Labute approximate surface area is 57.1 Å². The molecular formula is C5H4N3S. The zero-order valence-electron chi connectivity index (χ0n) is 4.61. The van der Waals surface area contributed by atoms with Gasteiger partial charge in [-0.15, -0.1) is 0 Å². The van der Waals surface area contributed by atoms with Gasteiger partial charge in [0.05, 0.1) is 18.3 Å². The lowest BCUT2D eigenvalue weighted by Gasteiger charge is -2.12. The van der Waals surface area contributed by atoms with Crippen molar-refractivity contribution in [1.29, 1.82) is 0 Å². The number of rotatable bonds is 0. The highest BCUT2D eigenvalue weighted by molar-refractivity contribution is 8.25. The normalized spacial score (nSPS) is 22.2. The Morgan fingerprint density at radius 1 is 1.78 bits per heavy atom. The molecule has 0 saturated carbocycles. The van der Waals surface area contributed by atoms with E-state index in [1.807, 2.05) is 11.1 Å². The van der Waals surface area contributed by atoms with Crippen molar-refractivity contribution < 1.29 is 0 Å². The minimum Gasteiger partial charge on any atom is -0.238 e. The molecule has 4 heteroatoms. The zero-order valence-corrected chi connectivity index (χ0v) is 5.43. The van der Waals surface area contributed by atoms with Crippen LogP contribution in [0.15, 0.2) is 16.2 Å². The first kappa shape index (κ1) is 5.05. The molecule has 3 nitrogen and oxygen atoms in total. The lowest BCUT2D eigenvalue weighted by molar-refractivity contribution is 0.505. The summed E-state index contributed by atoms with van der Waals surface area (Å²) in [4.78, 5) is 3.97. The van der Waals surface area contributed by atoms with Crippen LogP contribution in [0.1, 0.15) is 0 Å². The Morgan fingerprint density at radius 2 is 2.78 bits per heavy atom. The van der Waals surface area contributed by atoms with Crippen LogP contribution in [0.2, 0.25) is 0 Å². The van der Waals surface area contributed by atoms with Crippen molar-refractivity contribution in [2.75, 3.05) is 6.54 Å². The van der Waals surface area contributed by atoms with Gasteiger partial charge < -0.3 is 0 Å². The molecule has 0 aromatic rings. The molecule has 1 radical (unpaired) electrons. The molecule has 0 amide bonds. The Kier molecular flexibility index (Phi) is 1.05. The van der Waals surface area contributed by atoms with Crippen LogP contribution in [0.3, 0.4) is 0 Å². The molecule has 0 atom stereocenters. The largest absolute Gasteiger partial charge is 0.238 e. The average molecular weight is 138 g/mol. The third kappa shape index (κ3) is 0.751. The monoisotopic (exact) mass is 138 g/mol. The van der Waals surface area contributed by atoms with E-state index in [0.29, 0.717) is 0 Å². The van der Waals surface area contributed by atoms with E-state index >= 15 is 0 Å². The molecule has 45 valence electrons. The van der Waals surface area contributed by atoms with Gasteiger partial charge in [-0.05, 0) is 17.8 Å². The van der Waals surface area contributed by atoms with Gasteiger partial charge in [-0.2, -0.15) is 5.10 Å². The minimum atomic E-state index is 0.808. The zero-order chi connectivity index (χ0) is 6.10. The maximum absolute atomic E-state index is 4.03. The summed E-state index contributed by atoms with van der Waals surface area (Å²) in [7, 11) is 0. The SMILES string of the molecule is [C]1=CCN2N=CSC2=N1. The van der Waals surface area contributed by atoms with Crippen molar-refractivity contribution in [3.63, 3.8) is 0 Å². The Balaban J connectivity index is 2.29. The maximum Gasteiger partial charge on any atom is 0.191 e. The van der Waals surface area contributed by atoms with Crippen molar-refractivity contribution in [2.45, 2.75) is 0 Å². The van der Waals surface area contributed by atoms with Gasteiger partial charge in [-0.25, -0.2) is 10.0 Å². The second-order valence-corrected chi connectivity index (χ2v) is 2.46. The van der Waals surface area contributed by atoms with E-state index in [2.05, 4.69) is 16.3 Å². The topological polar surface area (TPSA) is 28.0 Å². The average Bonchev–Trinajstić information content (AvgIpc) is 2.33. The Morgan fingerprint density at radius 3 is 3.67 bits per heavy atom. The van der Waals surface area contributed by atoms with Gasteiger partial charge in [0.2, 0.25) is 0 Å². The quantitative estimate of drug-likeness (QED) is 0.492. The minimum absolute atomic E-state index is 0.808. The van der Waals surface area contributed by atoms with Crippen molar-refractivity contribution in [2.24, 2.45) is 10.1 Å². The standard InChI is InChI=1S/C5H4N3S/c1-2-6-5-8(3-1)7-4-9-5/h1,4H,3H2. The number of amidine groups is 1. The molecule has 0 aromatic heterocycles. The Bertz CT molecular complexity index is 206. The molecule has 0 bridgehead atoms. The summed E-state index contributed by atoms with van der Waals surface area (Å²) in [6.45, 7) is 0.808. The van der Waals surface area contributed by atoms with Crippen LogP contribution in [-0.4, -0.2) is 22.3 Å².